The first-order chi connectivity index (χ1) is 19.5. The number of likely N-dealkylation sites (tertiary alicyclic amines) is 1. The monoisotopic (exact) mass is 529 g/mol. The Morgan fingerprint density at radius 1 is 0.975 bits per heavy atom. The predicted octanol–water partition coefficient (Wildman–Crippen LogP) is 6.10. The highest BCUT2D eigenvalue weighted by Crippen LogP contribution is 2.35. The van der Waals surface area contributed by atoms with E-state index in [0.717, 1.165) is 81.5 Å². The highest BCUT2D eigenvalue weighted by atomic mass is 16.3. The summed E-state index contributed by atoms with van der Waals surface area (Å²) >= 11 is 0. The largest absolute Gasteiger partial charge is 0.392 e. The van der Waals surface area contributed by atoms with Crippen LogP contribution in [-0.4, -0.2) is 50.4 Å². The second-order valence-electron chi connectivity index (χ2n) is 10.4. The number of aliphatic hydroxyl groups is 1. The zero-order valence-electron chi connectivity index (χ0n) is 22.6. The Labute approximate surface area is 233 Å². The number of benzene rings is 2. The summed E-state index contributed by atoms with van der Waals surface area (Å²) in [5.41, 5.74) is 9.77. The smallest absolute Gasteiger partial charge is 0.156 e. The van der Waals surface area contributed by atoms with Crippen LogP contribution >= 0.6 is 0 Å². The van der Waals surface area contributed by atoms with Crippen molar-refractivity contribution >= 4 is 28.7 Å². The summed E-state index contributed by atoms with van der Waals surface area (Å²) in [7, 11) is 0. The lowest BCUT2D eigenvalue weighted by molar-refractivity contribution is 0.112. The molecule has 0 aliphatic carbocycles. The van der Waals surface area contributed by atoms with Crippen molar-refractivity contribution in [1.29, 1.82) is 0 Å². The molecule has 3 aromatic heterocycles. The minimum atomic E-state index is -0.233. The third-order valence-corrected chi connectivity index (χ3v) is 7.71. The number of aromatic nitrogens is 3. The van der Waals surface area contributed by atoms with Gasteiger partial charge >= 0.3 is 0 Å². The molecule has 1 fully saturated rings. The molecular weight excluding hydrogens is 498 g/mol. The molecular formula is C33H31N5O2. The zero-order valence-corrected chi connectivity index (χ0v) is 22.6. The van der Waals surface area contributed by atoms with Crippen molar-refractivity contribution < 1.29 is 9.90 Å². The van der Waals surface area contributed by atoms with Gasteiger partial charge in [-0.3, -0.25) is 19.7 Å². The van der Waals surface area contributed by atoms with Crippen molar-refractivity contribution in [2.75, 3.05) is 18.4 Å². The van der Waals surface area contributed by atoms with Crippen molar-refractivity contribution in [1.82, 2.24) is 19.9 Å². The van der Waals surface area contributed by atoms with Gasteiger partial charge < -0.3 is 10.4 Å². The van der Waals surface area contributed by atoms with Gasteiger partial charge in [-0.05, 0) is 66.3 Å². The van der Waals surface area contributed by atoms with E-state index in [4.69, 9.17) is 9.97 Å². The van der Waals surface area contributed by atoms with Crippen molar-refractivity contribution in [3.8, 4) is 22.4 Å². The Hall–Kier alpha value is -4.46. The molecule has 4 heterocycles. The zero-order chi connectivity index (χ0) is 27.6. The molecule has 0 amide bonds. The van der Waals surface area contributed by atoms with Crippen LogP contribution in [0.2, 0.25) is 0 Å². The SMILES string of the molecule is Cc1c(-c2ccc(C=O)cc2)cccc1-c1nccc(Nc2nccc3cc(CN4CCC(O)C4)cnc23)c1C. The van der Waals surface area contributed by atoms with Crippen LogP contribution in [0.15, 0.2) is 79.3 Å². The number of hydrogen-bond donors (Lipinski definition) is 2. The maximum atomic E-state index is 11.1. The standard InChI is InChI=1S/C33H31N5O2/c1-21-28(25-8-6-23(20-39)7-9-25)4-3-5-29(21)31-22(2)30(11-14-34-31)37-33-32-26(10-13-35-33)16-24(17-36-32)18-38-15-12-27(40)19-38/h3-11,13-14,16-17,20,27,40H,12,15,18-19H2,1-2H3,(H,34,35,37). The summed E-state index contributed by atoms with van der Waals surface area (Å²) in [6.07, 6.45) is 6.97. The maximum absolute atomic E-state index is 11.1. The summed E-state index contributed by atoms with van der Waals surface area (Å²) in [5.74, 6) is 0.696. The molecule has 5 aromatic rings. The number of fused-ring (bicyclic) bond motifs is 1. The fourth-order valence-corrected chi connectivity index (χ4v) is 5.51. The van der Waals surface area contributed by atoms with Gasteiger partial charge in [0, 0.05) is 60.4 Å². The van der Waals surface area contributed by atoms with E-state index in [1.807, 2.05) is 54.9 Å². The summed E-state index contributed by atoms with van der Waals surface area (Å²) in [4.78, 5) is 27.5. The number of pyridine rings is 3. The van der Waals surface area contributed by atoms with Gasteiger partial charge in [0.2, 0.25) is 0 Å². The van der Waals surface area contributed by atoms with Crippen LogP contribution in [0.25, 0.3) is 33.3 Å². The number of nitrogens with one attached hydrogen (secondary N) is 1. The average molecular weight is 530 g/mol. The summed E-state index contributed by atoms with van der Waals surface area (Å²) in [5, 5.41) is 14.4. The number of rotatable bonds is 7. The van der Waals surface area contributed by atoms with Gasteiger partial charge in [0.05, 0.1) is 11.8 Å². The third kappa shape index (κ3) is 5.09. The van der Waals surface area contributed by atoms with Crippen LogP contribution in [0, 0.1) is 13.8 Å². The van der Waals surface area contributed by atoms with Crippen LogP contribution in [0.1, 0.15) is 33.5 Å². The van der Waals surface area contributed by atoms with Crippen molar-refractivity contribution in [2.45, 2.75) is 32.9 Å². The molecule has 0 spiro atoms. The average Bonchev–Trinajstić information content (AvgIpc) is 3.38. The van der Waals surface area contributed by atoms with E-state index in [1.165, 1.54) is 0 Å². The molecule has 1 unspecified atom stereocenters. The molecule has 200 valence electrons. The van der Waals surface area contributed by atoms with Crippen LogP contribution in [0.3, 0.4) is 0 Å². The van der Waals surface area contributed by atoms with Crippen molar-refractivity contribution in [3.05, 3.63) is 102 Å². The van der Waals surface area contributed by atoms with Crippen LogP contribution in [0.5, 0.6) is 0 Å². The molecule has 1 aliphatic heterocycles. The van der Waals surface area contributed by atoms with Crippen LogP contribution in [0.4, 0.5) is 11.5 Å². The number of nitrogens with zero attached hydrogens (tertiary/aromatic N) is 4. The first-order valence-electron chi connectivity index (χ1n) is 13.5. The lowest BCUT2D eigenvalue weighted by Gasteiger charge is -2.17. The van der Waals surface area contributed by atoms with Gasteiger partial charge in [0.15, 0.2) is 5.82 Å². The molecule has 6 rings (SSSR count). The number of hydrogen-bond acceptors (Lipinski definition) is 7. The van der Waals surface area contributed by atoms with Crippen LogP contribution in [-0.2, 0) is 6.54 Å². The Bertz CT molecular complexity index is 1700. The second kappa shape index (κ2) is 11.0. The van der Waals surface area contributed by atoms with Gasteiger partial charge in [-0.1, -0.05) is 42.5 Å². The number of aldehydes is 1. The van der Waals surface area contributed by atoms with Gasteiger partial charge in [-0.2, -0.15) is 0 Å². The first-order valence-corrected chi connectivity index (χ1v) is 13.5. The number of anilines is 2. The number of carbonyl (C=O) groups is 1. The first kappa shape index (κ1) is 25.8. The van der Waals surface area contributed by atoms with Gasteiger partial charge in [-0.25, -0.2) is 4.98 Å². The van der Waals surface area contributed by atoms with E-state index < -0.39 is 0 Å². The van der Waals surface area contributed by atoms with Crippen molar-refractivity contribution in [3.63, 3.8) is 0 Å². The summed E-state index contributed by atoms with van der Waals surface area (Å²) < 4.78 is 0. The molecule has 7 nitrogen and oxygen atoms in total. The number of aliphatic hydroxyl groups excluding tert-OH is 1. The van der Waals surface area contributed by atoms with E-state index in [9.17, 15) is 9.90 Å². The Morgan fingerprint density at radius 3 is 2.55 bits per heavy atom. The topological polar surface area (TPSA) is 91.2 Å². The van der Waals surface area contributed by atoms with Crippen LogP contribution < -0.4 is 5.32 Å². The van der Waals surface area contributed by atoms with Gasteiger partial charge in [-0.15, -0.1) is 0 Å². The molecule has 40 heavy (non-hydrogen) atoms. The maximum Gasteiger partial charge on any atom is 0.156 e. The second-order valence-corrected chi connectivity index (χ2v) is 10.4. The summed E-state index contributed by atoms with van der Waals surface area (Å²) in [6, 6.07) is 20.0. The van der Waals surface area contributed by atoms with Gasteiger partial charge in [0.25, 0.3) is 0 Å². The highest BCUT2D eigenvalue weighted by Gasteiger charge is 2.20. The normalized spacial score (nSPS) is 15.4. The minimum Gasteiger partial charge on any atom is -0.392 e. The van der Waals surface area contributed by atoms with E-state index in [1.54, 1.807) is 6.20 Å². The molecule has 0 saturated carbocycles. The fourth-order valence-electron chi connectivity index (χ4n) is 5.51. The predicted molar refractivity (Wildman–Crippen MR) is 159 cm³/mol. The molecule has 7 heteroatoms. The molecule has 0 radical (unpaired) electrons. The Balaban J connectivity index is 1.30. The van der Waals surface area contributed by atoms with E-state index in [-0.39, 0.29) is 6.10 Å². The number of β-amino-alcohol motifs (C(OH)–C–C–N with tert-alkyl or cyclic N) is 1. The molecule has 1 saturated heterocycles. The quantitative estimate of drug-likeness (QED) is 0.246. The lowest BCUT2D eigenvalue weighted by atomic mass is 9.93. The third-order valence-electron chi connectivity index (χ3n) is 7.71. The summed E-state index contributed by atoms with van der Waals surface area (Å²) in [6.45, 7) is 6.56. The molecule has 2 N–H and O–H groups in total. The lowest BCUT2D eigenvalue weighted by Crippen LogP contribution is -2.21. The molecule has 2 aromatic carbocycles. The van der Waals surface area contributed by atoms with E-state index in [0.29, 0.717) is 17.9 Å². The Kier molecular flexibility index (Phi) is 7.07. The highest BCUT2D eigenvalue weighted by molar-refractivity contribution is 5.91. The fraction of sp³-hybridized carbons (Fsp3) is 0.212. The van der Waals surface area contributed by atoms with E-state index in [2.05, 4.69) is 47.2 Å². The minimum absolute atomic E-state index is 0.233. The van der Waals surface area contributed by atoms with Gasteiger partial charge in [0.1, 0.15) is 11.8 Å². The number of carbonyl (C=O) groups excluding carboxylic acids is 1. The Morgan fingerprint density at radius 2 is 1.77 bits per heavy atom. The molecule has 1 aliphatic rings. The van der Waals surface area contributed by atoms with E-state index >= 15 is 0 Å². The van der Waals surface area contributed by atoms with Crippen molar-refractivity contribution in [2.24, 2.45) is 0 Å². The molecule has 0 bridgehead atoms. The molecule has 1 atom stereocenters.